The van der Waals surface area contributed by atoms with Gasteiger partial charge in [-0.25, -0.2) is 18.7 Å². The molecule has 2 aromatic carbocycles. The minimum Gasteiger partial charge on any atom is -0.390 e. The maximum Gasteiger partial charge on any atom is 0.123 e. The Labute approximate surface area is 229 Å². The van der Waals surface area contributed by atoms with Crippen molar-refractivity contribution in [2.75, 3.05) is 26.4 Å². The van der Waals surface area contributed by atoms with Crippen LogP contribution in [-0.4, -0.2) is 68.0 Å². The highest BCUT2D eigenvalue weighted by Gasteiger charge is 2.40. The van der Waals surface area contributed by atoms with Gasteiger partial charge in [0, 0.05) is 36.2 Å². The first-order chi connectivity index (χ1) is 19.5. The third kappa shape index (κ3) is 4.17. The van der Waals surface area contributed by atoms with Crippen LogP contribution in [0.1, 0.15) is 36.1 Å². The molecule has 0 radical (unpaired) electrons. The fourth-order valence-electron chi connectivity index (χ4n) is 6.88. The molecule has 0 saturated carbocycles. The number of aromatic nitrogens is 4. The van der Waals surface area contributed by atoms with E-state index in [1.807, 2.05) is 9.13 Å². The topological polar surface area (TPSA) is 94.6 Å². The molecule has 10 heteroatoms. The van der Waals surface area contributed by atoms with Crippen molar-refractivity contribution in [2.45, 2.75) is 37.1 Å². The predicted octanol–water partition coefficient (Wildman–Crippen LogP) is 3.98. The van der Waals surface area contributed by atoms with Crippen LogP contribution in [0.25, 0.3) is 22.5 Å². The van der Waals surface area contributed by atoms with E-state index in [4.69, 9.17) is 9.47 Å². The number of halogens is 2. The third-order valence-corrected chi connectivity index (χ3v) is 8.72. The zero-order valence-electron chi connectivity index (χ0n) is 21.7. The number of hydrogen-bond donors (Lipinski definition) is 2. The van der Waals surface area contributed by atoms with Crippen molar-refractivity contribution in [3.63, 3.8) is 0 Å². The Bertz CT molecular complexity index is 1420. The summed E-state index contributed by atoms with van der Waals surface area (Å²) in [6.45, 7) is 1.95. The van der Waals surface area contributed by atoms with Crippen molar-refractivity contribution >= 4 is 0 Å². The second-order valence-corrected chi connectivity index (χ2v) is 10.9. The summed E-state index contributed by atoms with van der Waals surface area (Å²) in [5, 5.41) is 20.5. The number of imidazole rings is 2. The van der Waals surface area contributed by atoms with Crippen LogP contribution in [0.15, 0.2) is 61.4 Å². The third-order valence-electron chi connectivity index (χ3n) is 8.72. The monoisotopic (exact) mass is 548 g/mol. The number of fused-ring (bicyclic) bond motifs is 6. The molecule has 0 aliphatic carbocycles. The zero-order valence-corrected chi connectivity index (χ0v) is 21.7. The van der Waals surface area contributed by atoms with Gasteiger partial charge in [0.15, 0.2) is 0 Å². The van der Waals surface area contributed by atoms with Crippen LogP contribution in [0.2, 0.25) is 0 Å². The molecule has 2 fully saturated rings. The van der Waals surface area contributed by atoms with E-state index in [1.54, 1.807) is 49.3 Å². The molecule has 4 aliphatic heterocycles. The summed E-state index contributed by atoms with van der Waals surface area (Å²) in [6, 6.07) is 9.57. The molecule has 208 valence electrons. The van der Waals surface area contributed by atoms with Crippen LogP contribution in [0.4, 0.5) is 8.78 Å². The van der Waals surface area contributed by atoms with Gasteiger partial charge < -0.3 is 28.8 Å². The Hall–Kier alpha value is -3.44. The predicted molar refractivity (Wildman–Crippen MR) is 141 cm³/mol. The van der Waals surface area contributed by atoms with Gasteiger partial charge in [-0.15, -0.1) is 0 Å². The van der Waals surface area contributed by atoms with Crippen LogP contribution >= 0.6 is 0 Å². The normalized spacial score (nSPS) is 28.2. The van der Waals surface area contributed by atoms with Crippen molar-refractivity contribution in [1.82, 2.24) is 19.1 Å². The van der Waals surface area contributed by atoms with Crippen molar-refractivity contribution in [3.05, 3.63) is 84.2 Å². The molecular formula is C30H30F2N4O4. The first-order valence-electron chi connectivity index (χ1n) is 13.7. The van der Waals surface area contributed by atoms with Gasteiger partial charge in [-0.1, -0.05) is 0 Å². The van der Waals surface area contributed by atoms with E-state index >= 15 is 0 Å². The summed E-state index contributed by atoms with van der Waals surface area (Å²) in [4.78, 5) is 8.38. The van der Waals surface area contributed by atoms with E-state index in [2.05, 4.69) is 9.97 Å². The maximum atomic E-state index is 13.6. The van der Waals surface area contributed by atoms with Gasteiger partial charge in [-0.2, -0.15) is 0 Å². The number of rotatable bonds is 2. The molecule has 4 aromatic rings. The molecule has 40 heavy (non-hydrogen) atoms. The van der Waals surface area contributed by atoms with Crippen LogP contribution < -0.4 is 0 Å². The molecule has 0 spiro atoms. The van der Waals surface area contributed by atoms with Crippen LogP contribution in [0, 0.1) is 23.5 Å². The molecule has 2 N–H and O–H groups in total. The second-order valence-electron chi connectivity index (χ2n) is 10.9. The van der Waals surface area contributed by atoms with E-state index < -0.39 is 12.2 Å². The van der Waals surface area contributed by atoms with Gasteiger partial charge in [0.1, 0.15) is 11.6 Å². The van der Waals surface area contributed by atoms with Gasteiger partial charge in [-0.05, 0) is 60.4 Å². The van der Waals surface area contributed by atoms with Crippen LogP contribution in [0.5, 0.6) is 0 Å². The lowest BCUT2D eigenvalue weighted by Gasteiger charge is -2.33. The summed E-state index contributed by atoms with van der Waals surface area (Å²) in [5.74, 6) is -0.428. The van der Waals surface area contributed by atoms with Gasteiger partial charge in [0.05, 0.1) is 73.9 Å². The maximum absolute atomic E-state index is 13.6. The summed E-state index contributed by atoms with van der Waals surface area (Å²) in [5.41, 5.74) is 5.87. The number of aliphatic hydroxyl groups excluding tert-OH is 2. The number of hydrogen-bond acceptors (Lipinski definition) is 6. The number of ether oxygens (including phenoxy) is 2. The standard InChI is InChI=1S/2C15H15FN2O2/c2*16-9-1-2-10-12(5-9)15(18-8-17-6-13(10)18)11-3-4-20-7-14(11)19/h2*1-2,5-6,8,11,14-15,19H,3-4,7H2/t2*11-,14-,15+/m10/s1. The largest absolute Gasteiger partial charge is 0.390 e. The van der Waals surface area contributed by atoms with Gasteiger partial charge >= 0.3 is 0 Å². The summed E-state index contributed by atoms with van der Waals surface area (Å²) in [6.07, 6.45) is 7.58. The summed E-state index contributed by atoms with van der Waals surface area (Å²) < 4.78 is 41.9. The number of nitrogens with zero attached hydrogens (tertiary/aromatic N) is 4. The minimum atomic E-state index is -0.529. The smallest absolute Gasteiger partial charge is 0.123 e. The summed E-state index contributed by atoms with van der Waals surface area (Å²) in [7, 11) is 0. The Balaban J connectivity index is 0.000000132. The average molecular weight is 549 g/mol. The van der Waals surface area contributed by atoms with Gasteiger partial charge in [0.25, 0.3) is 0 Å². The molecule has 2 aromatic heterocycles. The highest BCUT2D eigenvalue weighted by atomic mass is 19.1. The van der Waals surface area contributed by atoms with Gasteiger partial charge in [0.2, 0.25) is 0 Å². The highest BCUT2D eigenvalue weighted by Crippen LogP contribution is 2.47. The fourth-order valence-corrected chi connectivity index (χ4v) is 6.88. The van der Waals surface area contributed by atoms with E-state index in [0.29, 0.717) is 26.4 Å². The lowest BCUT2D eigenvalue weighted by molar-refractivity contribution is -0.0540. The molecule has 0 amide bonds. The molecule has 0 unspecified atom stereocenters. The molecule has 8 rings (SSSR count). The summed E-state index contributed by atoms with van der Waals surface area (Å²) >= 11 is 0. The number of benzene rings is 2. The Morgan fingerprint density at radius 2 is 1.15 bits per heavy atom. The number of aliphatic hydroxyl groups is 2. The molecule has 0 bridgehead atoms. The van der Waals surface area contributed by atoms with Crippen molar-refractivity contribution in [2.24, 2.45) is 11.8 Å². The molecule has 6 atom stereocenters. The van der Waals surface area contributed by atoms with Crippen molar-refractivity contribution < 1.29 is 28.5 Å². The van der Waals surface area contributed by atoms with Crippen LogP contribution in [-0.2, 0) is 9.47 Å². The first kappa shape index (κ1) is 25.5. The SMILES string of the molecule is O[C@@H]1COCC[C@H]1[C@H]1c2cc(F)ccc2-c2cncn21.O[C@H]1COCC[C@@H]1[C@@H]1c2cc(F)ccc2-c2cncn21. The lowest BCUT2D eigenvalue weighted by atomic mass is 9.85. The zero-order chi connectivity index (χ0) is 27.4. The molecule has 8 nitrogen and oxygen atoms in total. The van der Waals surface area contributed by atoms with Crippen molar-refractivity contribution in [3.8, 4) is 22.5 Å². The Morgan fingerprint density at radius 3 is 1.57 bits per heavy atom. The average Bonchev–Trinajstić information content (AvgIpc) is 3.72. The Morgan fingerprint density at radius 1 is 0.700 bits per heavy atom. The molecule has 6 heterocycles. The molecule has 4 aliphatic rings. The van der Waals surface area contributed by atoms with Crippen molar-refractivity contribution in [1.29, 1.82) is 0 Å². The quantitative estimate of drug-likeness (QED) is 0.394. The Kier molecular flexibility index (Phi) is 6.50. The van der Waals surface area contributed by atoms with Gasteiger partial charge in [-0.3, -0.25) is 0 Å². The minimum absolute atomic E-state index is 0.0275. The molecule has 2 saturated heterocycles. The molecular weight excluding hydrogens is 518 g/mol. The van der Waals surface area contributed by atoms with E-state index in [0.717, 1.165) is 46.5 Å². The fraction of sp³-hybridized carbons (Fsp3) is 0.400. The van der Waals surface area contributed by atoms with E-state index in [1.165, 1.54) is 12.1 Å². The van der Waals surface area contributed by atoms with E-state index in [9.17, 15) is 19.0 Å². The van der Waals surface area contributed by atoms with Crippen LogP contribution in [0.3, 0.4) is 0 Å². The second kappa shape index (κ2) is 10.2. The lowest BCUT2D eigenvalue weighted by Crippen LogP contribution is -2.37. The highest BCUT2D eigenvalue weighted by molar-refractivity contribution is 5.70. The van der Waals surface area contributed by atoms with E-state index in [-0.39, 0.29) is 35.6 Å². The first-order valence-corrected chi connectivity index (χ1v) is 13.7.